The Morgan fingerprint density at radius 2 is 1.76 bits per heavy atom. The summed E-state index contributed by atoms with van der Waals surface area (Å²) < 4.78 is 5.01. The molecule has 2 aromatic rings. The average molecular weight is 447 g/mol. The van der Waals surface area contributed by atoms with Crippen LogP contribution in [0.15, 0.2) is 42.5 Å². The van der Waals surface area contributed by atoms with E-state index in [2.05, 4.69) is 11.0 Å². The van der Waals surface area contributed by atoms with Crippen LogP contribution in [0.2, 0.25) is 0 Å². The number of amides is 3. The van der Waals surface area contributed by atoms with Gasteiger partial charge in [-0.1, -0.05) is 0 Å². The molecule has 0 unspecified atom stereocenters. The second-order valence-corrected chi connectivity index (χ2v) is 8.16. The van der Waals surface area contributed by atoms with Gasteiger partial charge in [0.1, 0.15) is 0 Å². The number of methoxy groups -OCH3 is 1. The third kappa shape index (κ3) is 4.59. The molecule has 2 heterocycles. The molecule has 0 bridgehead atoms. The second kappa shape index (κ2) is 9.84. The molecule has 0 aromatic heterocycles. The van der Waals surface area contributed by atoms with Crippen molar-refractivity contribution in [1.82, 2.24) is 9.80 Å². The summed E-state index contributed by atoms with van der Waals surface area (Å²) in [6.45, 7) is 3.40. The van der Waals surface area contributed by atoms with E-state index < -0.39 is 0 Å². The molecular formula is C25H26N4O4. The molecule has 1 saturated heterocycles. The number of fused-ring (bicyclic) bond motifs is 1. The fourth-order valence-electron chi connectivity index (χ4n) is 4.30. The van der Waals surface area contributed by atoms with Crippen molar-refractivity contribution >= 4 is 23.4 Å². The molecule has 8 nitrogen and oxygen atoms in total. The van der Waals surface area contributed by atoms with Crippen molar-refractivity contribution in [2.75, 3.05) is 51.3 Å². The first-order valence-corrected chi connectivity index (χ1v) is 11.1. The Morgan fingerprint density at radius 1 is 1.00 bits per heavy atom. The van der Waals surface area contributed by atoms with E-state index in [0.29, 0.717) is 55.9 Å². The number of ether oxygens (including phenoxy) is 1. The van der Waals surface area contributed by atoms with Gasteiger partial charge in [-0.3, -0.25) is 19.3 Å². The van der Waals surface area contributed by atoms with E-state index in [4.69, 9.17) is 10.00 Å². The summed E-state index contributed by atoms with van der Waals surface area (Å²) in [5, 5.41) is 8.98. The van der Waals surface area contributed by atoms with Gasteiger partial charge in [0.05, 0.1) is 22.8 Å². The molecule has 2 aromatic carbocycles. The van der Waals surface area contributed by atoms with Crippen molar-refractivity contribution < 1.29 is 19.1 Å². The Hall–Kier alpha value is -3.70. The van der Waals surface area contributed by atoms with Crippen LogP contribution >= 0.6 is 0 Å². The number of hydrogen-bond acceptors (Lipinski definition) is 6. The van der Waals surface area contributed by atoms with Gasteiger partial charge in [0, 0.05) is 57.7 Å². The summed E-state index contributed by atoms with van der Waals surface area (Å²) in [7, 11) is 1.58. The zero-order chi connectivity index (χ0) is 23.4. The van der Waals surface area contributed by atoms with E-state index in [1.165, 1.54) is 4.90 Å². The lowest BCUT2D eigenvalue weighted by Crippen LogP contribution is -2.35. The highest BCUT2D eigenvalue weighted by Gasteiger charge is 2.36. The normalized spacial score (nSPS) is 15.9. The van der Waals surface area contributed by atoms with Crippen LogP contribution in [0.3, 0.4) is 0 Å². The van der Waals surface area contributed by atoms with E-state index in [1.807, 2.05) is 12.1 Å². The SMILES string of the molecule is COCCCN1C(=O)c2ccc(C(=O)N3CCCN(c4ccc(C#N)cc4)CC3)cc2C1=O. The molecule has 8 heteroatoms. The van der Waals surface area contributed by atoms with Crippen molar-refractivity contribution in [2.45, 2.75) is 12.8 Å². The van der Waals surface area contributed by atoms with Gasteiger partial charge in [-0.25, -0.2) is 0 Å². The fraction of sp³-hybridized carbons (Fsp3) is 0.360. The molecule has 4 rings (SSSR count). The third-order valence-corrected chi connectivity index (χ3v) is 6.09. The van der Waals surface area contributed by atoms with Crippen molar-refractivity contribution in [2.24, 2.45) is 0 Å². The Kier molecular flexibility index (Phi) is 6.71. The first kappa shape index (κ1) is 22.5. The van der Waals surface area contributed by atoms with E-state index in [-0.39, 0.29) is 23.3 Å². The molecule has 2 aliphatic rings. The zero-order valence-corrected chi connectivity index (χ0v) is 18.6. The lowest BCUT2D eigenvalue weighted by atomic mass is 10.0. The van der Waals surface area contributed by atoms with Crippen molar-refractivity contribution in [3.05, 3.63) is 64.7 Å². The quantitative estimate of drug-likeness (QED) is 0.500. The average Bonchev–Trinajstić information content (AvgIpc) is 3.01. The van der Waals surface area contributed by atoms with Crippen LogP contribution in [0.5, 0.6) is 0 Å². The van der Waals surface area contributed by atoms with Gasteiger partial charge in [-0.15, -0.1) is 0 Å². The number of hydrogen-bond donors (Lipinski definition) is 0. The largest absolute Gasteiger partial charge is 0.385 e. The first-order chi connectivity index (χ1) is 16.0. The van der Waals surface area contributed by atoms with Crippen LogP contribution in [0.4, 0.5) is 5.69 Å². The molecule has 1 fully saturated rings. The Morgan fingerprint density at radius 3 is 2.48 bits per heavy atom. The predicted octanol–water partition coefficient (Wildman–Crippen LogP) is 2.54. The lowest BCUT2D eigenvalue weighted by Gasteiger charge is -2.24. The number of anilines is 1. The van der Waals surface area contributed by atoms with Gasteiger partial charge in [0.15, 0.2) is 0 Å². The predicted molar refractivity (Wildman–Crippen MR) is 122 cm³/mol. The summed E-state index contributed by atoms with van der Waals surface area (Å²) in [6.07, 6.45) is 1.37. The Bertz CT molecular complexity index is 1110. The lowest BCUT2D eigenvalue weighted by molar-refractivity contribution is 0.0638. The van der Waals surface area contributed by atoms with Crippen molar-refractivity contribution in [1.29, 1.82) is 5.26 Å². The highest BCUT2D eigenvalue weighted by molar-refractivity contribution is 6.22. The number of carbonyl (C=O) groups is 3. The van der Waals surface area contributed by atoms with Crippen LogP contribution in [0, 0.1) is 11.3 Å². The number of nitriles is 1. The minimum absolute atomic E-state index is 0.141. The first-order valence-electron chi connectivity index (χ1n) is 11.1. The molecule has 0 radical (unpaired) electrons. The van der Waals surface area contributed by atoms with E-state index >= 15 is 0 Å². The third-order valence-electron chi connectivity index (χ3n) is 6.09. The van der Waals surface area contributed by atoms with E-state index in [0.717, 1.165) is 18.7 Å². The number of imide groups is 1. The maximum Gasteiger partial charge on any atom is 0.261 e. The maximum absolute atomic E-state index is 13.2. The van der Waals surface area contributed by atoms with Crippen LogP contribution in [-0.2, 0) is 4.74 Å². The van der Waals surface area contributed by atoms with E-state index in [9.17, 15) is 14.4 Å². The van der Waals surface area contributed by atoms with Gasteiger partial charge >= 0.3 is 0 Å². The van der Waals surface area contributed by atoms with Crippen LogP contribution in [0.25, 0.3) is 0 Å². The molecular weight excluding hydrogens is 420 g/mol. The van der Waals surface area contributed by atoms with Crippen LogP contribution < -0.4 is 4.90 Å². The highest BCUT2D eigenvalue weighted by atomic mass is 16.5. The van der Waals surface area contributed by atoms with Crippen molar-refractivity contribution in [3.8, 4) is 6.07 Å². The second-order valence-electron chi connectivity index (χ2n) is 8.16. The molecule has 0 atom stereocenters. The summed E-state index contributed by atoms with van der Waals surface area (Å²) in [6, 6.07) is 14.3. The summed E-state index contributed by atoms with van der Waals surface area (Å²) in [5.74, 6) is -0.820. The van der Waals surface area contributed by atoms with Gasteiger partial charge in [0.25, 0.3) is 17.7 Å². The summed E-state index contributed by atoms with van der Waals surface area (Å²) in [4.78, 5) is 43.8. The van der Waals surface area contributed by atoms with Crippen molar-refractivity contribution in [3.63, 3.8) is 0 Å². The zero-order valence-electron chi connectivity index (χ0n) is 18.6. The summed E-state index contributed by atoms with van der Waals surface area (Å²) >= 11 is 0. The molecule has 0 N–H and O–H groups in total. The monoisotopic (exact) mass is 446 g/mol. The standard InChI is InChI=1S/C25H26N4O4/c1-33-15-3-12-29-24(31)21-9-6-19(16-22(21)25(29)32)23(30)28-11-2-10-27(13-14-28)20-7-4-18(17-26)5-8-20/h4-9,16H,2-3,10-15H2,1H3. The highest BCUT2D eigenvalue weighted by Crippen LogP contribution is 2.25. The summed E-state index contributed by atoms with van der Waals surface area (Å²) in [5.41, 5.74) is 2.69. The van der Waals surface area contributed by atoms with Crippen LogP contribution in [0.1, 0.15) is 49.5 Å². The van der Waals surface area contributed by atoms with Gasteiger partial charge in [-0.05, 0) is 55.3 Å². The van der Waals surface area contributed by atoms with Gasteiger partial charge in [0.2, 0.25) is 0 Å². The topological polar surface area (TPSA) is 93.9 Å². The number of carbonyl (C=O) groups excluding carboxylic acids is 3. The maximum atomic E-state index is 13.2. The molecule has 170 valence electrons. The smallest absolute Gasteiger partial charge is 0.261 e. The number of nitrogens with zero attached hydrogens (tertiary/aromatic N) is 4. The Labute approximate surface area is 192 Å². The fourth-order valence-corrected chi connectivity index (χ4v) is 4.30. The molecule has 0 spiro atoms. The minimum atomic E-state index is -0.358. The molecule has 0 saturated carbocycles. The molecule has 2 aliphatic heterocycles. The minimum Gasteiger partial charge on any atom is -0.385 e. The number of rotatable bonds is 6. The van der Waals surface area contributed by atoms with Crippen LogP contribution in [-0.4, -0.2) is 74.0 Å². The van der Waals surface area contributed by atoms with Gasteiger partial charge < -0.3 is 14.5 Å². The van der Waals surface area contributed by atoms with Gasteiger partial charge in [-0.2, -0.15) is 5.26 Å². The van der Waals surface area contributed by atoms with E-state index in [1.54, 1.807) is 42.3 Å². The Balaban J connectivity index is 1.44. The number of benzene rings is 2. The molecule has 3 amide bonds. The molecule has 33 heavy (non-hydrogen) atoms. The molecule has 0 aliphatic carbocycles.